The molecule has 1 unspecified atom stereocenters. The van der Waals surface area contributed by atoms with E-state index in [9.17, 15) is 8.42 Å². The highest BCUT2D eigenvalue weighted by Crippen LogP contribution is 2.11. The van der Waals surface area contributed by atoms with E-state index >= 15 is 0 Å². The lowest BCUT2D eigenvalue weighted by Crippen LogP contribution is -2.33. The summed E-state index contributed by atoms with van der Waals surface area (Å²) in [6, 6.07) is 9.21. The monoisotopic (exact) mass is 278 g/mol. The summed E-state index contributed by atoms with van der Waals surface area (Å²) in [5.41, 5.74) is 1.63. The van der Waals surface area contributed by atoms with E-state index in [0.29, 0.717) is 5.82 Å². The molecule has 0 aliphatic heterocycles. The Kier molecular flexibility index (Phi) is 3.83. The van der Waals surface area contributed by atoms with Crippen molar-refractivity contribution >= 4 is 21.1 Å². The van der Waals surface area contributed by atoms with Gasteiger partial charge in [0.2, 0.25) is 10.0 Å². The van der Waals surface area contributed by atoms with Crippen LogP contribution in [0.25, 0.3) is 11.0 Å². The van der Waals surface area contributed by atoms with Crippen LogP contribution in [0.2, 0.25) is 0 Å². The number of aromatic nitrogens is 2. The van der Waals surface area contributed by atoms with Gasteiger partial charge in [-0.3, -0.25) is 0 Å². The number of rotatable bonds is 5. The Labute approximate surface area is 111 Å². The minimum Gasteiger partial charge on any atom is -0.341 e. The number of nitrogens with zero attached hydrogens (tertiary/aromatic N) is 2. The first-order valence-electron chi connectivity index (χ1n) is 5.88. The highest BCUT2D eigenvalue weighted by molar-refractivity contribution is 7.90. The molecule has 2 rings (SSSR count). The molecule has 0 spiro atoms. The van der Waals surface area contributed by atoms with Gasteiger partial charge in [0.05, 0.1) is 23.6 Å². The van der Waals surface area contributed by atoms with Gasteiger partial charge >= 0.3 is 0 Å². The Morgan fingerprint density at radius 3 is 2.84 bits per heavy atom. The van der Waals surface area contributed by atoms with Crippen molar-refractivity contribution in [1.82, 2.24) is 14.7 Å². The van der Waals surface area contributed by atoms with Crippen LogP contribution < -0.4 is 4.72 Å². The molecule has 1 atom stereocenters. The standard InChI is InChI=1S/C12H14N4O2S/c1-2-9(7-13)19(17,18)14-8-12-15-10-5-3-4-6-11(10)16-12/h3-6,9,14H,2,8H2,1H3,(H,15,16). The lowest BCUT2D eigenvalue weighted by molar-refractivity contribution is 0.571. The van der Waals surface area contributed by atoms with Crippen LogP contribution in [-0.4, -0.2) is 23.6 Å². The fraction of sp³-hybridized carbons (Fsp3) is 0.333. The Bertz CT molecular complexity index is 682. The zero-order valence-corrected chi connectivity index (χ0v) is 11.2. The predicted molar refractivity (Wildman–Crippen MR) is 71.5 cm³/mol. The first-order valence-corrected chi connectivity index (χ1v) is 7.43. The molecule has 0 saturated heterocycles. The average Bonchev–Trinajstić information content (AvgIpc) is 2.80. The predicted octanol–water partition coefficient (Wildman–Crippen LogP) is 1.28. The number of hydrogen-bond acceptors (Lipinski definition) is 4. The summed E-state index contributed by atoms with van der Waals surface area (Å²) >= 11 is 0. The summed E-state index contributed by atoms with van der Waals surface area (Å²) in [5, 5.41) is 7.75. The second-order valence-electron chi connectivity index (χ2n) is 4.09. The third-order valence-electron chi connectivity index (χ3n) is 2.77. The first kappa shape index (κ1) is 13.5. The van der Waals surface area contributed by atoms with Crippen LogP contribution in [0, 0.1) is 11.3 Å². The van der Waals surface area contributed by atoms with E-state index in [1.165, 1.54) is 0 Å². The average molecular weight is 278 g/mol. The van der Waals surface area contributed by atoms with Gasteiger partial charge in [0.1, 0.15) is 5.82 Å². The van der Waals surface area contributed by atoms with Crippen molar-refractivity contribution < 1.29 is 8.42 Å². The molecule has 6 nitrogen and oxygen atoms in total. The van der Waals surface area contributed by atoms with Gasteiger partial charge < -0.3 is 4.98 Å². The number of sulfonamides is 1. The summed E-state index contributed by atoms with van der Waals surface area (Å²) in [7, 11) is -3.63. The second kappa shape index (κ2) is 5.38. The highest BCUT2D eigenvalue weighted by Gasteiger charge is 2.23. The van der Waals surface area contributed by atoms with Crippen LogP contribution in [0.1, 0.15) is 19.2 Å². The Hall–Kier alpha value is -1.91. The number of nitrogens with one attached hydrogen (secondary N) is 2. The van der Waals surface area contributed by atoms with Gasteiger partial charge in [-0.2, -0.15) is 5.26 Å². The SMILES string of the molecule is CCC(C#N)S(=O)(=O)NCc1nc2ccccc2[nH]1. The van der Waals surface area contributed by atoms with Crippen molar-refractivity contribution in [3.8, 4) is 6.07 Å². The molecular weight excluding hydrogens is 264 g/mol. The molecule has 0 aliphatic rings. The Balaban J connectivity index is 2.12. The van der Waals surface area contributed by atoms with Crippen molar-refractivity contribution in [2.45, 2.75) is 25.1 Å². The normalized spacial score (nSPS) is 13.3. The maximum absolute atomic E-state index is 11.8. The molecule has 0 fully saturated rings. The summed E-state index contributed by atoms with van der Waals surface area (Å²) in [6.45, 7) is 1.71. The number of hydrogen-bond donors (Lipinski definition) is 2. The number of para-hydroxylation sites is 2. The van der Waals surface area contributed by atoms with E-state index in [-0.39, 0.29) is 13.0 Å². The van der Waals surface area contributed by atoms with Gasteiger partial charge in [-0.25, -0.2) is 18.1 Å². The summed E-state index contributed by atoms with van der Waals surface area (Å²) in [5.74, 6) is 0.526. The van der Waals surface area contributed by atoms with Gasteiger partial charge in [0.15, 0.2) is 5.25 Å². The summed E-state index contributed by atoms with van der Waals surface area (Å²) in [4.78, 5) is 7.28. The maximum Gasteiger partial charge on any atom is 0.228 e. The number of imidazole rings is 1. The zero-order valence-electron chi connectivity index (χ0n) is 10.4. The number of fused-ring (bicyclic) bond motifs is 1. The van der Waals surface area contributed by atoms with E-state index in [1.54, 1.807) is 13.0 Å². The smallest absolute Gasteiger partial charge is 0.228 e. The van der Waals surface area contributed by atoms with Gasteiger partial charge in [0, 0.05) is 0 Å². The number of H-pyrrole nitrogens is 1. The topological polar surface area (TPSA) is 98.6 Å². The molecule has 0 radical (unpaired) electrons. The van der Waals surface area contributed by atoms with Crippen molar-refractivity contribution in [3.05, 3.63) is 30.1 Å². The second-order valence-corrected chi connectivity index (χ2v) is 6.04. The molecular formula is C12H14N4O2S. The van der Waals surface area contributed by atoms with Crippen LogP contribution in [0.5, 0.6) is 0 Å². The van der Waals surface area contributed by atoms with Crippen molar-refractivity contribution in [1.29, 1.82) is 5.26 Å². The number of benzene rings is 1. The minimum atomic E-state index is -3.63. The number of aromatic amines is 1. The van der Waals surface area contributed by atoms with Gasteiger partial charge in [-0.1, -0.05) is 19.1 Å². The molecule has 19 heavy (non-hydrogen) atoms. The van der Waals surface area contributed by atoms with E-state index in [0.717, 1.165) is 11.0 Å². The Morgan fingerprint density at radius 2 is 2.21 bits per heavy atom. The largest absolute Gasteiger partial charge is 0.341 e. The minimum absolute atomic E-state index is 0.0508. The number of nitriles is 1. The van der Waals surface area contributed by atoms with Gasteiger partial charge in [0.25, 0.3) is 0 Å². The summed E-state index contributed by atoms with van der Waals surface area (Å²) in [6.07, 6.45) is 0.256. The van der Waals surface area contributed by atoms with Gasteiger partial charge in [-0.15, -0.1) is 0 Å². The fourth-order valence-electron chi connectivity index (χ4n) is 1.74. The van der Waals surface area contributed by atoms with E-state index in [2.05, 4.69) is 14.7 Å². The van der Waals surface area contributed by atoms with Crippen molar-refractivity contribution in [3.63, 3.8) is 0 Å². The third kappa shape index (κ3) is 2.92. The molecule has 0 saturated carbocycles. The summed E-state index contributed by atoms with van der Waals surface area (Å²) < 4.78 is 26.0. The molecule has 100 valence electrons. The Morgan fingerprint density at radius 1 is 1.47 bits per heavy atom. The maximum atomic E-state index is 11.8. The molecule has 0 bridgehead atoms. The fourth-order valence-corrected chi connectivity index (χ4v) is 2.86. The van der Waals surface area contributed by atoms with E-state index in [4.69, 9.17) is 5.26 Å². The lowest BCUT2D eigenvalue weighted by Gasteiger charge is -2.08. The zero-order chi connectivity index (χ0) is 13.9. The molecule has 0 amide bonds. The molecule has 1 aromatic carbocycles. The van der Waals surface area contributed by atoms with Gasteiger partial charge in [-0.05, 0) is 18.6 Å². The van der Waals surface area contributed by atoms with Crippen LogP contribution in [0.3, 0.4) is 0 Å². The molecule has 1 aromatic heterocycles. The molecule has 1 heterocycles. The molecule has 7 heteroatoms. The van der Waals surface area contributed by atoms with Crippen LogP contribution >= 0.6 is 0 Å². The quantitative estimate of drug-likeness (QED) is 0.860. The molecule has 2 N–H and O–H groups in total. The van der Waals surface area contributed by atoms with Crippen LogP contribution in [0.4, 0.5) is 0 Å². The van der Waals surface area contributed by atoms with Crippen molar-refractivity contribution in [2.75, 3.05) is 0 Å². The van der Waals surface area contributed by atoms with E-state index in [1.807, 2.05) is 24.3 Å². The third-order valence-corrected chi connectivity index (χ3v) is 4.50. The molecule has 0 aliphatic carbocycles. The highest BCUT2D eigenvalue weighted by atomic mass is 32.2. The van der Waals surface area contributed by atoms with Crippen LogP contribution in [-0.2, 0) is 16.6 Å². The van der Waals surface area contributed by atoms with Crippen LogP contribution in [0.15, 0.2) is 24.3 Å². The van der Waals surface area contributed by atoms with E-state index < -0.39 is 15.3 Å². The lowest BCUT2D eigenvalue weighted by atomic mass is 10.3. The molecule has 2 aromatic rings. The van der Waals surface area contributed by atoms with Crippen molar-refractivity contribution in [2.24, 2.45) is 0 Å². The first-order chi connectivity index (χ1) is 9.06.